The van der Waals surface area contributed by atoms with Gasteiger partial charge >= 0.3 is 0 Å². The lowest BCUT2D eigenvalue weighted by Crippen LogP contribution is -2.15. The van der Waals surface area contributed by atoms with Crippen molar-refractivity contribution >= 4 is 39.3 Å². The Hall–Kier alpha value is -3.30. The van der Waals surface area contributed by atoms with Crippen molar-refractivity contribution in [1.82, 2.24) is 14.8 Å². The molecule has 0 spiro atoms. The average Bonchev–Trinajstić information content (AvgIpc) is 3.27. The standard InChI is InChI=1S/C26H25BrN4O3S/c1-3-33-21-12-10-19(11-13-21)31-24(16-34-20-7-5-4-6-8-20)29-30-26(31)35-17-25(32)28-23-14-9-18(2)15-22(23)27/h4-15H,3,16-17H2,1-2H3,(H,28,32). The highest BCUT2D eigenvalue weighted by molar-refractivity contribution is 9.10. The summed E-state index contributed by atoms with van der Waals surface area (Å²) in [5, 5.41) is 12.2. The predicted octanol–water partition coefficient (Wildman–Crippen LogP) is 6.05. The number of amides is 1. The number of ether oxygens (including phenoxy) is 2. The Kier molecular flexibility index (Phi) is 8.44. The molecule has 0 atom stereocenters. The molecule has 0 saturated heterocycles. The van der Waals surface area contributed by atoms with Gasteiger partial charge in [-0.25, -0.2) is 0 Å². The number of carbonyl (C=O) groups is 1. The van der Waals surface area contributed by atoms with Crippen molar-refractivity contribution in [2.75, 3.05) is 17.7 Å². The second-order valence-corrected chi connectivity index (χ2v) is 9.38. The summed E-state index contributed by atoms with van der Waals surface area (Å²) in [6.45, 7) is 4.77. The number of benzene rings is 3. The summed E-state index contributed by atoms with van der Waals surface area (Å²) in [6, 6.07) is 23.0. The number of halogens is 1. The van der Waals surface area contributed by atoms with Gasteiger partial charge in [0.1, 0.15) is 18.1 Å². The molecule has 0 aliphatic carbocycles. The number of hydrogen-bond donors (Lipinski definition) is 1. The van der Waals surface area contributed by atoms with Crippen LogP contribution in [0.5, 0.6) is 11.5 Å². The summed E-state index contributed by atoms with van der Waals surface area (Å²) < 4.78 is 14.2. The lowest BCUT2D eigenvalue weighted by atomic mass is 10.2. The van der Waals surface area contributed by atoms with E-state index in [0.29, 0.717) is 17.6 Å². The Labute approximate surface area is 217 Å². The number of para-hydroxylation sites is 1. The van der Waals surface area contributed by atoms with Gasteiger partial charge in [0.25, 0.3) is 0 Å². The van der Waals surface area contributed by atoms with Gasteiger partial charge in [0.2, 0.25) is 5.91 Å². The Morgan fingerprint density at radius 3 is 2.46 bits per heavy atom. The zero-order chi connectivity index (χ0) is 24.6. The number of aryl methyl sites for hydroxylation is 1. The number of nitrogens with one attached hydrogen (secondary N) is 1. The summed E-state index contributed by atoms with van der Waals surface area (Å²) in [5.41, 5.74) is 2.69. The molecule has 0 bridgehead atoms. The first-order valence-corrected chi connectivity index (χ1v) is 12.9. The first-order valence-electron chi connectivity index (χ1n) is 11.1. The molecule has 1 aromatic heterocycles. The lowest BCUT2D eigenvalue weighted by molar-refractivity contribution is -0.113. The van der Waals surface area contributed by atoms with Gasteiger partial charge in [-0.3, -0.25) is 9.36 Å². The molecule has 4 rings (SSSR count). The van der Waals surface area contributed by atoms with Crippen LogP contribution in [-0.4, -0.2) is 33.0 Å². The maximum atomic E-state index is 12.7. The fourth-order valence-corrected chi connectivity index (χ4v) is 4.67. The fourth-order valence-electron chi connectivity index (χ4n) is 3.31. The molecule has 35 heavy (non-hydrogen) atoms. The number of anilines is 1. The van der Waals surface area contributed by atoms with E-state index in [2.05, 4.69) is 31.4 Å². The fraction of sp³-hybridized carbons (Fsp3) is 0.192. The highest BCUT2D eigenvalue weighted by atomic mass is 79.9. The monoisotopic (exact) mass is 552 g/mol. The quantitative estimate of drug-likeness (QED) is 0.241. The minimum absolute atomic E-state index is 0.136. The molecule has 1 heterocycles. The van der Waals surface area contributed by atoms with Crippen LogP contribution in [-0.2, 0) is 11.4 Å². The van der Waals surface area contributed by atoms with E-state index >= 15 is 0 Å². The molecule has 1 amide bonds. The van der Waals surface area contributed by atoms with Crippen LogP contribution in [0.15, 0.2) is 82.4 Å². The van der Waals surface area contributed by atoms with Crippen molar-refractivity contribution in [3.63, 3.8) is 0 Å². The molecule has 1 N–H and O–H groups in total. The molecule has 0 fully saturated rings. The van der Waals surface area contributed by atoms with Crippen molar-refractivity contribution in [3.8, 4) is 17.2 Å². The van der Waals surface area contributed by atoms with Crippen molar-refractivity contribution in [3.05, 3.63) is 88.7 Å². The van der Waals surface area contributed by atoms with Crippen LogP contribution in [0.1, 0.15) is 18.3 Å². The van der Waals surface area contributed by atoms with E-state index in [9.17, 15) is 4.79 Å². The zero-order valence-corrected chi connectivity index (χ0v) is 21.8. The van der Waals surface area contributed by atoms with E-state index in [4.69, 9.17) is 9.47 Å². The molecule has 3 aromatic carbocycles. The topological polar surface area (TPSA) is 78.3 Å². The van der Waals surface area contributed by atoms with Gasteiger partial charge in [-0.05, 0) is 83.9 Å². The molecule has 0 unspecified atom stereocenters. The van der Waals surface area contributed by atoms with Crippen LogP contribution in [0, 0.1) is 6.92 Å². The van der Waals surface area contributed by atoms with E-state index in [0.717, 1.165) is 32.9 Å². The van der Waals surface area contributed by atoms with Crippen molar-refractivity contribution in [1.29, 1.82) is 0 Å². The zero-order valence-electron chi connectivity index (χ0n) is 19.4. The van der Waals surface area contributed by atoms with E-state index in [1.54, 1.807) is 0 Å². The normalized spacial score (nSPS) is 10.7. The van der Waals surface area contributed by atoms with Crippen LogP contribution in [0.3, 0.4) is 0 Å². The molecule has 9 heteroatoms. The van der Waals surface area contributed by atoms with Gasteiger partial charge in [-0.2, -0.15) is 0 Å². The third-order valence-electron chi connectivity index (χ3n) is 4.95. The Balaban J connectivity index is 1.52. The van der Waals surface area contributed by atoms with Crippen LogP contribution >= 0.6 is 27.7 Å². The molecule has 0 radical (unpaired) electrons. The molecule has 180 valence electrons. The maximum absolute atomic E-state index is 12.7. The Morgan fingerprint density at radius 1 is 1.00 bits per heavy atom. The minimum atomic E-state index is -0.136. The minimum Gasteiger partial charge on any atom is -0.494 e. The van der Waals surface area contributed by atoms with Crippen molar-refractivity contribution < 1.29 is 14.3 Å². The van der Waals surface area contributed by atoms with Crippen LogP contribution in [0.25, 0.3) is 5.69 Å². The SMILES string of the molecule is CCOc1ccc(-n2c(COc3ccccc3)nnc2SCC(=O)Nc2ccc(C)cc2Br)cc1. The van der Waals surface area contributed by atoms with Gasteiger partial charge in [0.15, 0.2) is 11.0 Å². The number of thioether (sulfide) groups is 1. The Bertz CT molecular complexity index is 1280. The first kappa shape index (κ1) is 24.8. The predicted molar refractivity (Wildman–Crippen MR) is 142 cm³/mol. The van der Waals surface area contributed by atoms with E-state index in [1.807, 2.05) is 91.2 Å². The van der Waals surface area contributed by atoms with Gasteiger partial charge in [-0.15, -0.1) is 10.2 Å². The van der Waals surface area contributed by atoms with E-state index in [-0.39, 0.29) is 18.3 Å². The molecule has 0 aliphatic heterocycles. The highest BCUT2D eigenvalue weighted by Gasteiger charge is 2.17. The summed E-state index contributed by atoms with van der Waals surface area (Å²) in [4.78, 5) is 12.7. The number of nitrogens with zero attached hydrogens (tertiary/aromatic N) is 3. The van der Waals surface area contributed by atoms with Gasteiger partial charge in [0.05, 0.1) is 18.0 Å². The Morgan fingerprint density at radius 2 is 1.74 bits per heavy atom. The van der Waals surface area contributed by atoms with Crippen molar-refractivity contribution in [2.24, 2.45) is 0 Å². The van der Waals surface area contributed by atoms with Crippen LogP contribution < -0.4 is 14.8 Å². The molecule has 0 saturated carbocycles. The van der Waals surface area contributed by atoms with Gasteiger partial charge in [-0.1, -0.05) is 36.0 Å². The molecule has 7 nitrogen and oxygen atoms in total. The number of aromatic nitrogens is 3. The average molecular weight is 553 g/mol. The highest BCUT2D eigenvalue weighted by Crippen LogP contribution is 2.27. The van der Waals surface area contributed by atoms with Crippen LogP contribution in [0.4, 0.5) is 5.69 Å². The van der Waals surface area contributed by atoms with E-state index in [1.165, 1.54) is 11.8 Å². The smallest absolute Gasteiger partial charge is 0.234 e. The molecular weight excluding hydrogens is 528 g/mol. The molecule has 0 aliphatic rings. The van der Waals surface area contributed by atoms with E-state index < -0.39 is 0 Å². The van der Waals surface area contributed by atoms with Gasteiger partial charge in [0, 0.05) is 10.2 Å². The maximum Gasteiger partial charge on any atom is 0.234 e. The third kappa shape index (κ3) is 6.64. The summed E-state index contributed by atoms with van der Waals surface area (Å²) in [7, 11) is 0. The summed E-state index contributed by atoms with van der Waals surface area (Å²) >= 11 is 4.81. The van der Waals surface area contributed by atoms with Gasteiger partial charge < -0.3 is 14.8 Å². The summed E-state index contributed by atoms with van der Waals surface area (Å²) in [5.74, 6) is 2.19. The molecule has 4 aromatic rings. The first-order chi connectivity index (χ1) is 17.0. The number of carbonyl (C=O) groups excluding carboxylic acids is 1. The molecular formula is C26H25BrN4O3S. The number of hydrogen-bond acceptors (Lipinski definition) is 6. The van der Waals surface area contributed by atoms with Crippen molar-refractivity contribution in [2.45, 2.75) is 25.6 Å². The third-order valence-corrected chi connectivity index (χ3v) is 6.53. The largest absolute Gasteiger partial charge is 0.494 e. The number of rotatable bonds is 10. The second kappa shape index (κ2) is 11.9. The second-order valence-electron chi connectivity index (χ2n) is 7.58. The lowest BCUT2D eigenvalue weighted by Gasteiger charge is -2.12. The van der Waals surface area contributed by atoms with Crippen LogP contribution in [0.2, 0.25) is 0 Å². The summed E-state index contributed by atoms with van der Waals surface area (Å²) in [6.07, 6.45) is 0.